The zero-order valence-corrected chi connectivity index (χ0v) is 17.4. The fourth-order valence-corrected chi connectivity index (χ4v) is 3.60. The molecule has 0 bridgehead atoms. The van der Waals surface area contributed by atoms with Crippen molar-refractivity contribution < 1.29 is 0 Å². The molecular formula is C19H20BrClN6. The van der Waals surface area contributed by atoms with Crippen molar-refractivity contribution in [2.24, 2.45) is 10.7 Å². The van der Waals surface area contributed by atoms with Crippen molar-refractivity contribution in [1.82, 2.24) is 14.5 Å². The second kappa shape index (κ2) is 8.10. The van der Waals surface area contributed by atoms with E-state index in [1.54, 1.807) is 12.4 Å². The average molecular weight is 448 g/mol. The highest BCUT2D eigenvalue weighted by Crippen LogP contribution is 2.40. The van der Waals surface area contributed by atoms with Gasteiger partial charge in [0.15, 0.2) is 0 Å². The molecule has 27 heavy (non-hydrogen) atoms. The van der Waals surface area contributed by atoms with Gasteiger partial charge in [0.05, 0.1) is 16.5 Å². The van der Waals surface area contributed by atoms with Crippen LogP contribution in [0.5, 0.6) is 0 Å². The number of hydrogen-bond donors (Lipinski definition) is 2. The molecule has 0 amide bonds. The summed E-state index contributed by atoms with van der Waals surface area (Å²) in [5.74, 6) is 0.415. The van der Waals surface area contributed by atoms with Crippen molar-refractivity contribution in [3.05, 3.63) is 52.0 Å². The normalized spacial score (nSPS) is 12.6. The van der Waals surface area contributed by atoms with Crippen LogP contribution in [0, 0.1) is 0 Å². The molecule has 0 atom stereocenters. The van der Waals surface area contributed by atoms with Crippen LogP contribution in [0.4, 0.5) is 5.82 Å². The lowest BCUT2D eigenvalue weighted by Crippen LogP contribution is -2.06. The molecule has 8 heteroatoms. The van der Waals surface area contributed by atoms with E-state index in [9.17, 15) is 0 Å². The Labute approximate surface area is 171 Å². The maximum atomic E-state index is 6.19. The second-order valence-electron chi connectivity index (χ2n) is 6.33. The Kier molecular flexibility index (Phi) is 5.82. The van der Waals surface area contributed by atoms with E-state index in [1.165, 1.54) is 6.33 Å². The van der Waals surface area contributed by atoms with Crippen LogP contribution in [-0.4, -0.2) is 26.8 Å². The standard InChI is InChI=1S/C19H20BrClN6/c1-11(2)24-8-12(7-22)9-27-17(20)15(13-3-5-14(21)6-4-13)16-18(23)25-10-26-19(16)27/h3-8,10-11H,9,22H2,1-2H3,(H2,23,25,26). The van der Waals surface area contributed by atoms with Crippen molar-refractivity contribution in [3.63, 3.8) is 0 Å². The Balaban J connectivity index is 2.18. The van der Waals surface area contributed by atoms with Crippen LogP contribution in [0.25, 0.3) is 22.2 Å². The number of nitrogens with two attached hydrogens (primary N) is 2. The largest absolute Gasteiger partial charge is 0.404 e. The number of hydrogen-bond acceptors (Lipinski definition) is 5. The van der Waals surface area contributed by atoms with Crippen LogP contribution in [0.2, 0.25) is 5.02 Å². The van der Waals surface area contributed by atoms with E-state index in [1.807, 2.05) is 42.7 Å². The SMILES string of the molecule is CC(C)N=CC(=CN)Cn1c(Br)c(-c2ccc(Cl)cc2)c2c(N)ncnc21. The van der Waals surface area contributed by atoms with Gasteiger partial charge in [-0.2, -0.15) is 0 Å². The first-order chi connectivity index (χ1) is 12.9. The van der Waals surface area contributed by atoms with Crippen molar-refractivity contribution in [2.75, 3.05) is 5.73 Å². The van der Waals surface area contributed by atoms with E-state index >= 15 is 0 Å². The van der Waals surface area contributed by atoms with Crippen molar-refractivity contribution >= 4 is 50.6 Å². The second-order valence-corrected chi connectivity index (χ2v) is 7.52. The predicted molar refractivity (Wildman–Crippen MR) is 116 cm³/mol. The van der Waals surface area contributed by atoms with Gasteiger partial charge in [0.25, 0.3) is 0 Å². The summed E-state index contributed by atoms with van der Waals surface area (Å²) in [5.41, 5.74) is 15.5. The molecule has 0 unspecified atom stereocenters. The fraction of sp³-hybridized carbons (Fsp3) is 0.211. The minimum absolute atomic E-state index is 0.187. The monoisotopic (exact) mass is 446 g/mol. The third-order valence-electron chi connectivity index (χ3n) is 4.03. The summed E-state index contributed by atoms with van der Waals surface area (Å²) < 4.78 is 2.84. The summed E-state index contributed by atoms with van der Waals surface area (Å²) in [5, 5.41) is 1.45. The van der Waals surface area contributed by atoms with Crippen LogP contribution in [0.3, 0.4) is 0 Å². The lowest BCUT2D eigenvalue weighted by Gasteiger charge is -2.08. The van der Waals surface area contributed by atoms with Crippen LogP contribution >= 0.6 is 27.5 Å². The predicted octanol–water partition coefficient (Wildman–Crippen LogP) is 4.42. The van der Waals surface area contributed by atoms with E-state index in [4.69, 9.17) is 23.1 Å². The van der Waals surface area contributed by atoms with Gasteiger partial charge in [-0.3, -0.25) is 4.99 Å². The molecule has 2 heterocycles. The fourth-order valence-electron chi connectivity index (χ4n) is 2.75. The lowest BCUT2D eigenvalue weighted by atomic mass is 10.1. The van der Waals surface area contributed by atoms with Gasteiger partial charge in [-0.25, -0.2) is 9.97 Å². The molecule has 0 fully saturated rings. The Hall–Kier alpha value is -2.38. The first-order valence-electron chi connectivity index (χ1n) is 8.40. The highest BCUT2D eigenvalue weighted by Gasteiger charge is 2.21. The Morgan fingerprint density at radius 3 is 2.63 bits per heavy atom. The maximum Gasteiger partial charge on any atom is 0.147 e. The van der Waals surface area contributed by atoms with Crippen molar-refractivity contribution in [1.29, 1.82) is 0 Å². The van der Waals surface area contributed by atoms with Gasteiger partial charge in [-0.15, -0.1) is 0 Å². The van der Waals surface area contributed by atoms with Crippen molar-refractivity contribution in [2.45, 2.75) is 26.4 Å². The van der Waals surface area contributed by atoms with Crippen LogP contribution < -0.4 is 11.5 Å². The van der Waals surface area contributed by atoms with E-state index in [2.05, 4.69) is 30.9 Å². The quantitative estimate of drug-likeness (QED) is 0.566. The molecule has 0 aliphatic rings. The van der Waals surface area contributed by atoms with Gasteiger partial charge < -0.3 is 16.0 Å². The van der Waals surface area contributed by atoms with Gasteiger partial charge in [-0.1, -0.05) is 23.7 Å². The average Bonchev–Trinajstić information content (AvgIpc) is 2.92. The van der Waals surface area contributed by atoms with Crippen LogP contribution in [0.15, 0.2) is 52.0 Å². The van der Waals surface area contributed by atoms with Gasteiger partial charge >= 0.3 is 0 Å². The zero-order chi connectivity index (χ0) is 19.6. The molecular weight excluding hydrogens is 428 g/mol. The third-order valence-corrected chi connectivity index (χ3v) is 5.11. The van der Waals surface area contributed by atoms with Crippen molar-refractivity contribution in [3.8, 4) is 11.1 Å². The maximum absolute atomic E-state index is 6.19. The third kappa shape index (κ3) is 3.99. The summed E-state index contributed by atoms with van der Waals surface area (Å²) in [6.45, 7) is 4.52. The Morgan fingerprint density at radius 2 is 2.00 bits per heavy atom. The number of aliphatic imine (C=N–C) groups is 1. The number of aromatic nitrogens is 3. The molecule has 3 rings (SSSR count). The first kappa shape index (κ1) is 19.4. The highest BCUT2D eigenvalue weighted by atomic mass is 79.9. The number of halogens is 2. The van der Waals surface area contributed by atoms with E-state index < -0.39 is 0 Å². The lowest BCUT2D eigenvalue weighted by molar-refractivity contribution is 0.803. The summed E-state index contributed by atoms with van der Waals surface area (Å²) in [6.07, 6.45) is 4.80. The first-order valence-corrected chi connectivity index (χ1v) is 9.57. The minimum atomic E-state index is 0.187. The molecule has 0 aliphatic heterocycles. The molecule has 140 valence electrons. The summed E-state index contributed by atoms with van der Waals surface area (Å²) >= 11 is 9.76. The molecule has 0 saturated heterocycles. The number of benzene rings is 1. The van der Waals surface area contributed by atoms with E-state index in [0.717, 1.165) is 32.3 Å². The molecule has 4 N–H and O–H groups in total. The van der Waals surface area contributed by atoms with Crippen LogP contribution in [0.1, 0.15) is 13.8 Å². The Bertz CT molecular complexity index is 1020. The molecule has 3 aromatic rings. The number of nitrogen functional groups attached to an aromatic ring is 1. The molecule has 0 saturated carbocycles. The number of allylic oxidation sites excluding steroid dienone is 1. The summed E-state index contributed by atoms with van der Waals surface area (Å²) in [4.78, 5) is 13.0. The topological polar surface area (TPSA) is 95.1 Å². The molecule has 0 spiro atoms. The Morgan fingerprint density at radius 1 is 1.30 bits per heavy atom. The molecule has 0 aliphatic carbocycles. The minimum Gasteiger partial charge on any atom is -0.404 e. The molecule has 0 radical (unpaired) electrons. The van der Waals surface area contributed by atoms with Gasteiger partial charge in [0, 0.05) is 34.6 Å². The van der Waals surface area contributed by atoms with E-state index in [-0.39, 0.29) is 6.04 Å². The number of rotatable bonds is 5. The summed E-state index contributed by atoms with van der Waals surface area (Å²) in [7, 11) is 0. The van der Waals surface area contributed by atoms with Crippen LogP contribution in [-0.2, 0) is 6.54 Å². The molecule has 6 nitrogen and oxygen atoms in total. The highest BCUT2D eigenvalue weighted by molar-refractivity contribution is 9.10. The summed E-state index contributed by atoms with van der Waals surface area (Å²) in [6, 6.07) is 7.75. The number of fused-ring (bicyclic) bond motifs is 1. The number of nitrogens with zero attached hydrogens (tertiary/aromatic N) is 4. The molecule has 1 aromatic carbocycles. The smallest absolute Gasteiger partial charge is 0.147 e. The van der Waals surface area contributed by atoms with Gasteiger partial charge in [-0.05, 0) is 47.5 Å². The zero-order valence-electron chi connectivity index (χ0n) is 15.0. The number of anilines is 1. The van der Waals surface area contributed by atoms with Gasteiger partial charge in [0.2, 0.25) is 0 Å². The van der Waals surface area contributed by atoms with Gasteiger partial charge in [0.1, 0.15) is 17.8 Å². The van der Waals surface area contributed by atoms with E-state index in [0.29, 0.717) is 17.4 Å². The molecule has 2 aromatic heterocycles.